The Morgan fingerprint density at radius 3 is 2.60 bits per heavy atom. The van der Waals surface area contributed by atoms with Gasteiger partial charge in [-0.05, 0) is 35.6 Å². The highest BCUT2D eigenvalue weighted by atomic mass is 32.1. The van der Waals surface area contributed by atoms with Crippen molar-refractivity contribution in [2.24, 2.45) is 11.7 Å². The number of halogens is 1. The Kier molecular flexibility index (Phi) is 4.73. The van der Waals surface area contributed by atoms with E-state index in [1.54, 1.807) is 23.5 Å². The third-order valence-electron chi connectivity index (χ3n) is 3.07. The molecule has 1 unspecified atom stereocenters. The Labute approximate surface area is 127 Å². The van der Waals surface area contributed by atoms with E-state index in [1.165, 1.54) is 10.9 Å². The van der Waals surface area contributed by atoms with Crippen LogP contribution in [-0.4, -0.2) is 4.99 Å². The summed E-state index contributed by atoms with van der Waals surface area (Å²) in [5, 5.41) is 5.42. The molecule has 2 aromatic rings. The number of benzene rings is 1. The highest BCUT2D eigenvalue weighted by molar-refractivity contribution is 7.80. The summed E-state index contributed by atoms with van der Waals surface area (Å²) in [6.45, 7) is 4.27. The fourth-order valence-corrected chi connectivity index (χ4v) is 3.13. The first-order chi connectivity index (χ1) is 9.49. The summed E-state index contributed by atoms with van der Waals surface area (Å²) in [7, 11) is 0. The van der Waals surface area contributed by atoms with Crippen molar-refractivity contribution in [3.05, 3.63) is 52.0 Å². The lowest BCUT2D eigenvalue weighted by Gasteiger charge is -2.22. The maximum Gasteiger partial charge on any atom is 0.135 e. The monoisotopic (exact) mass is 308 g/mol. The van der Waals surface area contributed by atoms with E-state index in [0.717, 1.165) is 5.69 Å². The van der Waals surface area contributed by atoms with Gasteiger partial charge in [-0.2, -0.15) is 0 Å². The van der Waals surface area contributed by atoms with E-state index in [9.17, 15) is 4.39 Å². The molecule has 0 radical (unpaired) electrons. The zero-order chi connectivity index (χ0) is 14.7. The molecule has 3 N–H and O–H groups in total. The van der Waals surface area contributed by atoms with Crippen molar-refractivity contribution in [3.63, 3.8) is 0 Å². The van der Waals surface area contributed by atoms with Crippen molar-refractivity contribution in [2.45, 2.75) is 19.9 Å². The van der Waals surface area contributed by atoms with E-state index < -0.39 is 5.82 Å². The first-order valence-electron chi connectivity index (χ1n) is 6.38. The van der Waals surface area contributed by atoms with Crippen molar-refractivity contribution < 1.29 is 4.39 Å². The lowest BCUT2D eigenvalue weighted by molar-refractivity contribution is 0.552. The molecule has 106 valence electrons. The average Bonchev–Trinajstić information content (AvgIpc) is 2.88. The van der Waals surface area contributed by atoms with Gasteiger partial charge in [0.15, 0.2) is 0 Å². The predicted octanol–water partition coefficient (Wildman–Crippen LogP) is 4.33. The van der Waals surface area contributed by atoms with Gasteiger partial charge in [-0.3, -0.25) is 0 Å². The summed E-state index contributed by atoms with van der Waals surface area (Å²) in [6, 6.07) is 9.13. The third-order valence-corrected chi connectivity index (χ3v) is 4.25. The summed E-state index contributed by atoms with van der Waals surface area (Å²) < 4.78 is 13.9. The molecule has 0 aliphatic rings. The molecular weight excluding hydrogens is 291 g/mol. The smallest absolute Gasteiger partial charge is 0.135 e. The number of thiocarbonyl (C=S) groups is 1. The van der Waals surface area contributed by atoms with Crippen molar-refractivity contribution >= 4 is 34.2 Å². The topological polar surface area (TPSA) is 38.0 Å². The molecule has 0 bridgehead atoms. The van der Waals surface area contributed by atoms with Crippen LogP contribution in [0, 0.1) is 11.7 Å². The zero-order valence-electron chi connectivity index (χ0n) is 11.4. The molecule has 5 heteroatoms. The van der Waals surface area contributed by atoms with Gasteiger partial charge in [0.2, 0.25) is 0 Å². The molecule has 0 spiro atoms. The number of nitrogens with two attached hydrogens (primary N) is 1. The molecule has 0 aliphatic carbocycles. The predicted molar refractivity (Wildman–Crippen MR) is 87.8 cm³/mol. The molecule has 0 fully saturated rings. The van der Waals surface area contributed by atoms with Crippen LogP contribution in [0.5, 0.6) is 0 Å². The van der Waals surface area contributed by atoms with E-state index in [2.05, 4.69) is 25.2 Å². The SMILES string of the molecule is CC(C)C(Nc1ccc(C(N)=S)c(F)c1)c1cccs1. The minimum absolute atomic E-state index is 0.0766. The van der Waals surface area contributed by atoms with E-state index in [0.29, 0.717) is 5.92 Å². The fraction of sp³-hybridized carbons (Fsp3) is 0.267. The van der Waals surface area contributed by atoms with E-state index in [4.69, 9.17) is 18.0 Å². The number of rotatable bonds is 5. The maximum atomic E-state index is 13.9. The number of anilines is 1. The molecule has 1 heterocycles. The molecule has 20 heavy (non-hydrogen) atoms. The average molecular weight is 308 g/mol. The fourth-order valence-electron chi connectivity index (χ4n) is 2.02. The largest absolute Gasteiger partial charge is 0.389 e. The number of hydrogen-bond acceptors (Lipinski definition) is 3. The van der Waals surface area contributed by atoms with Gasteiger partial charge in [-0.25, -0.2) is 4.39 Å². The Bertz CT molecular complexity index is 594. The highest BCUT2D eigenvalue weighted by Gasteiger charge is 2.17. The van der Waals surface area contributed by atoms with E-state index in [-0.39, 0.29) is 16.6 Å². The second-order valence-corrected chi connectivity index (χ2v) is 6.36. The van der Waals surface area contributed by atoms with Crippen LogP contribution in [0.3, 0.4) is 0 Å². The van der Waals surface area contributed by atoms with E-state index >= 15 is 0 Å². The maximum absolute atomic E-state index is 13.9. The lowest BCUT2D eigenvalue weighted by Crippen LogP contribution is -2.16. The molecule has 1 aromatic heterocycles. The Balaban J connectivity index is 2.24. The van der Waals surface area contributed by atoms with Gasteiger partial charge in [-0.1, -0.05) is 32.1 Å². The lowest BCUT2D eigenvalue weighted by atomic mass is 10.0. The van der Waals surface area contributed by atoms with Crippen molar-refractivity contribution in [1.82, 2.24) is 0 Å². The van der Waals surface area contributed by atoms with Crippen LogP contribution < -0.4 is 11.1 Å². The molecule has 1 aromatic carbocycles. The van der Waals surface area contributed by atoms with Crippen LogP contribution in [0.25, 0.3) is 0 Å². The van der Waals surface area contributed by atoms with Gasteiger partial charge in [0.1, 0.15) is 10.8 Å². The van der Waals surface area contributed by atoms with Crippen molar-refractivity contribution in [3.8, 4) is 0 Å². The van der Waals surface area contributed by atoms with Gasteiger partial charge in [0, 0.05) is 16.1 Å². The molecule has 2 rings (SSSR count). The van der Waals surface area contributed by atoms with Gasteiger partial charge in [0.05, 0.1) is 6.04 Å². The highest BCUT2D eigenvalue weighted by Crippen LogP contribution is 2.30. The summed E-state index contributed by atoms with van der Waals surface area (Å²) in [5.74, 6) is 0.00292. The first kappa shape index (κ1) is 14.9. The summed E-state index contributed by atoms with van der Waals surface area (Å²) in [4.78, 5) is 1.31. The second-order valence-electron chi connectivity index (χ2n) is 4.94. The Morgan fingerprint density at radius 2 is 2.10 bits per heavy atom. The van der Waals surface area contributed by atoms with Gasteiger partial charge >= 0.3 is 0 Å². The van der Waals surface area contributed by atoms with E-state index in [1.807, 2.05) is 11.4 Å². The quantitative estimate of drug-likeness (QED) is 0.807. The third kappa shape index (κ3) is 3.35. The standard InChI is InChI=1S/C15H17FN2S2/c1-9(2)14(13-4-3-7-20-13)18-10-5-6-11(15(17)19)12(16)8-10/h3-9,14,18H,1-2H3,(H2,17,19). The minimum Gasteiger partial charge on any atom is -0.389 e. The van der Waals surface area contributed by atoms with Gasteiger partial charge in [0.25, 0.3) is 0 Å². The molecular formula is C15H17FN2S2. The molecule has 0 saturated carbocycles. The van der Waals surface area contributed by atoms with Crippen LogP contribution in [0.2, 0.25) is 0 Å². The number of hydrogen-bond donors (Lipinski definition) is 2. The van der Waals surface area contributed by atoms with Gasteiger partial charge < -0.3 is 11.1 Å². The van der Waals surface area contributed by atoms with Crippen LogP contribution in [0.1, 0.15) is 30.3 Å². The van der Waals surface area contributed by atoms with Crippen LogP contribution in [0.4, 0.5) is 10.1 Å². The van der Waals surface area contributed by atoms with Crippen molar-refractivity contribution in [1.29, 1.82) is 0 Å². The summed E-state index contributed by atoms with van der Waals surface area (Å²) >= 11 is 6.50. The summed E-state index contributed by atoms with van der Waals surface area (Å²) in [6.07, 6.45) is 0. The molecule has 2 nitrogen and oxygen atoms in total. The number of thiophene rings is 1. The normalized spacial score (nSPS) is 12.4. The van der Waals surface area contributed by atoms with Crippen LogP contribution in [0.15, 0.2) is 35.7 Å². The second kappa shape index (κ2) is 6.33. The minimum atomic E-state index is -0.392. The zero-order valence-corrected chi connectivity index (χ0v) is 13.0. The van der Waals surface area contributed by atoms with Crippen LogP contribution in [-0.2, 0) is 0 Å². The Hall–Kier alpha value is -1.46. The molecule has 1 atom stereocenters. The molecule has 0 saturated heterocycles. The first-order valence-corrected chi connectivity index (χ1v) is 7.67. The molecule has 0 aliphatic heterocycles. The number of nitrogens with one attached hydrogen (secondary N) is 1. The van der Waals surface area contributed by atoms with Crippen LogP contribution >= 0.6 is 23.6 Å². The molecule has 0 amide bonds. The van der Waals surface area contributed by atoms with Crippen molar-refractivity contribution in [2.75, 3.05) is 5.32 Å². The summed E-state index contributed by atoms with van der Waals surface area (Å²) in [5.41, 5.74) is 6.48. The Morgan fingerprint density at radius 1 is 1.35 bits per heavy atom. The van der Waals surface area contributed by atoms with Gasteiger partial charge in [-0.15, -0.1) is 11.3 Å².